The summed E-state index contributed by atoms with van der Waals surface area (Å²) in [6.45, 7) is 0. The summed E-state index contributed by atoms with van der Waals surface area (Å²) in [5, 5.41) is 0. The summed E-state index contributed by atoms with van der Waals surface area (Å²) >= 11 is 0. The SMILES string of the molecule is Cn1cnc(-c2ncccc2N)c(-c2ccc(F)cc2)c1=O. The van der Waals surface area contributed by atoms with Crippen LogP contribution in [-0.4, -0.2) is 14.5 Å². The predicted octanol–water partition coefficient (Wildman–Crippen LogP) is 2.23. The zero-order valence-electron chi connectivity index (χ0n) is 11.8. The van der Waals surface area contributed by atoms with Gasteiger partial charge in [0.1, 0.15) is 17.2 Å². The lowest BCUT2D eigenvalue weighted by Gasteiger charge is -2.11. The molecule has 0 spiro atoms. The number of nitrogen functional groups attached to an aromatic ring is 1. The van der Waals surface area contributed by atoms with Gasteiger partial charge in [-0.3, -0.25) is 9.78 Å². The number of aromatic nitrogens is 3. The monoisotopic (exact) mass is 296 g/mol. The maximum Gasteiger partial charge on any atom is 0.261 e. The van der Waals surface area contributed by atoms with E-state index < -0.39 is 0 Å². The maximum absolute atomic E-state index is 13.1. The molecule has 22 heavy (non-hydrogen) atoms. The Balaban J connectivity index is 2.33. The fraction of sp³-hybridized carbons (Fsp3) is 0.0625. The number of benzene rings is 1. The van der Waals surface area contributed by atoms with Crippen LogP contribution in [0.3, 0.4) is 0 Å². The highest BCUT2D eigenvalue weighted by Gasteiger charge is 2.17. The summed E-state index contributed by atoms with van der Waals surface area (Å²) in [6.07, 6.45) is 3.00. The van der Waals surface area contributed by atoms with E-state index in [2.05, 4.69) is 9.97 Å². The maximum atomic E-state index is 13.1. The minimum Gasteiger partial charge on any atom is -0.397 e. The number of nitrogens with zero attached hydrogens (tertiary/aromatic N) is 3. The van der Waals surface area contributed by atoms with E-state index in [1.54, 1.807) is 25.4 Å². The molecule has 0 aliphatic heterocycles. The molecule has 2 N–H and O–H groups in total. The van der Waals surface area contributed by atoms with Crippen LogP contribution in [0.5, 0.6) is 0 Å². The van der Waals surface area contributed by atoms with Crippen molar-refractivity contribution in [3.63, 3.8) is 0 Å². The van der Waals surface area contributed by atoms with Gasteiger partial charge in [0.05, 0.1) is 17.6 Å². The number of hydrogen-bond acceptors (Lipinski definition) is 4. The largest absolute Gasteiger partial charge is 0.397 e. The van der Waals surface area contributed by atoms with Crippen molar-refractivity contribution in [1.82, 2.24) is 14.5 Å². The average Bonchev–Trinajstić information content (AvgIpc) is 2.52. The van der Waals surface area contributed by atoms with Gasteiger partial charge in [-0.15, -0.1) is 0 Å². The Morgan fingerprint density at radius 2 is 1.82 bits per heavy atom. The van der Waals surface area contributed by atoms with Crippen LogP contribution in [-0.2, 0) is 7.05 Å². The van der Waals surface area contributed by atoms with E-state index in [9.17, 15) is 9.18 Å². The lowest BCUT2D eigenvalue weighted by atomic mass is 10.0. The molecule has 0 aliphatic rings. The summed E-state index contributed by atoms with van der Waals surface area (Å²) in [5.74, 6) is -0.372. The lowest BCUT2D eigenvalue weighted by Crippen LogP contribution is -2.20. The Labute approximate surface area is 125 Å². The van der Waals surface area contributed by atoms with Gasteiger partial charge in [0.2, 0.25) is 0 Å². The third kappa shape index (κ3) is 2.35. The topological polar surface area (TPSA) is 73.8 Å². The normalized spacial score (nSPS) is 10.6. The smallest absolute Gasteiger partial charge is 0.261 e. The lowest BCUT2D eigenvalue weighted by molar-refractivity contribution is 0.628. The zero-order chi connectivity index (χ0) is 15.7. The third-order valence-electron chi connectivity index (χ3n) is 3.33. The van der Waals surface area contributed by atoms with Crippen molar-refractivity contribution in [2.24, 2.45) is 7.05 Å². The van der Waals surface area contributed by atoms with E-state index >= 15 is 0 Å². The van der Waals surface area contributed by atoms with Crippen LogP contribution in [0.4, 0.5) is 10.1 Å². The number of rotatable bonds is 2. The Hall–Kier alpha value is -3.02. The van der Waals surface area contributed by atoms with Gasteiger partial charge >= 0.3 is 0 Å². The molecule has 0 bridgehead atoms. The molecule has 0 amide bonds. The first-order chi connectivity index (χ1) is 10.6. The van der Waals surface area contributed by atoms with Gasteiger partial charge in [-0.1, -0.05) is 12.1 Å². The van der Waals surface area contributed by atoms with Crippen molar-refractivity contribution in [2.45, 2.75) is 0 Å². The first-order valence-electron chi connectivity index (χ1n) is 6.60. The van der Waals surface area contributed by atoms with Gasteiger partial charge in [0, 0.05) is 13.2 Å². The number of halogens is 1. The minimum absolute atomic E-state index is 0.248. The highest BCUT2D eigenvalue weighted by molar-refractivity contribution is 5.83. The molecule has 1 aromatic carbocycles. The van der Waals surface area contributed by atoms with Gasteiger partial charge in [-0.2, -0.15) is 0 Å². The second kappa shape index (κ2) is 5.40. The Morgan fingerprint density at radius 3 is 2.50 bits per heavy atom. The van der Waals surface area contributed by atoms with Crippen molar-refractivity contribution < 1.29 is 4.39 Å². The zero-order valence-corrected chi connectivity index (χ0v) is 11.8. The fourth-order valence-electron chi connectivity index (χ4n) is 2.21. The van der Waals surface area contributed by atoms with Crippen molar-refractivity contribution >= 4 is 5.69 Å². The third-order valence-corrected chi connectivity index (χ3v) is 3.33. The van der Waals surface area contributed by atoms with Gasteiger partial charge < -0.3 is 10.3 Å². The van der Waals surface area contributed by atoms with Crippen LogP contribution < -0.4 is 11.3 Å². The van der Waals surface area contributed by atoms with Crippen LogP contribution in [0.1, 0.15) is 0 Å². The molecule has 0 radical (unpaired) electrons. The summed E-state index contributed by atoms with van der Waals surface area (Å²) in [6, 6.07) is 9.07. The second-order valence-corrected chi connectivity index (χ2v) is 4.83. The summed E-state index contributed by atoms with van der Waals surface area (Å²) in [7, 11) is 1.61. The van der Waals surface area contributed by atoms with Crippen LogP contribution >= 0.6 is 0 Å². The molecule has 110 valence electrons. The molecule has 3 rings (SSSR count). The number of anilines is 1. The second-order valence-electron chi connectivity index (χ2n) is 4.83. The summed E-state index contributed by atoms with van der Waals surface area (Å²) in [4.78, 5) is 21.0. The van der Waals surface area contributed by atoms with Gasteiger partial charge in [0.15, 0.2) is 0 Å². The number of nitrogens with two attached hydrogens (primary N) is 1. The van der Waals surface area contributed by atoms with Crippen molar-refractivity contribution in [2.75, 3.05) is 5.73 Å². The number of aryl methyl sites for hydroxylation is 1. The molecule has 0 atom stereocenters. The van der Waals surface area contributed by atoms with Crippen molar-refractivity contribution in [3.05, 3.63) is 65.1 Å². The van der Waals surface area contributed by atoms with Crippen molar-refractivity contribution in [3.8, 4) is 22.5 Å². The van der Waals surface area contributed by atoms with Crippen LogP contribution in [0, 0.1) is 5.82 Å². The van der Waals surface area contributed by atoms with E-state index in [1.165, 1.54) is 35.2 Å². The Morgan fingerprint density at radius 1 is 1.09 bits per heavy atom. The number of pyridine rings is 1. The molecule has 0 saturated heterocycles. The molecule has 2 heterocycles. The molecular weight excluding hydrogens is 283 g/mol. The van der Waals surface area contributed by atoms with Gasteiger partial charge in [-0.05, 0) is 29.8 Å². The predicted molar refractivity (Wildman–Crippen MR) is 82.5 cm³/mol. The molecule has 5 nitrogen and oxygen atoms in total. The molecule has 2 aromatic heterocycles. The minimum atomic E-state index is -0.372. The van der Waals surface area contributed by atoms with Gasteiger partial charge in [-0.25, -0.2) is 9.37 Å². The fourth-order valence-corrected chi connectivity index (χ4v) is 2.21. The molecule has 0 aliphatic carbocycles. The molecular formula is C16H13FN4O. The van der Waals surface area contributed by atoms with Gasteiger partial charge in [0.25, 0.3) is 5.56 Å². The molecule has 0 saturated carbocycles. The number of hydrogen-bond donors (Lipinski definition) is 1. The van der Waals surface area contributed by atoms with Crippen LogP contribution in [0.2, 0.25) is 0 Å². The molecule has 6 heteroatoms. The Kier molecular flexibility index (Phi) is 3.42. The summed E-state index contributed by atoms with van der Waals surface area (Å²) < 4.78 is 14.5. The average molecular weight is 296 g/mol. The first kappa shape index (κ1) is 13.9. The highest BCUT2D eigenvalue weighted by Crippen LogP contribution is 2.29. The van der Waals surface area contributed by atoms with E-state index in [4.69, 9.17) is 5.73 Å². The highest BCUT2D eigenvalue weighted by atomic mass is 19.1. The standard InChI is InChI=1S/C16H13FN4O/c1-21-9-20-15(14-12(18)3-2-8-19-14)13(16(21)22)10-4-6-11(17)7-5-10/h2-9H,18H2,1H3. The van der Waals surface area contributed by atoms with E-state index in [-0.39, 0.29) is 11.4 Å². The molecule has 0 fully saturated rings. The van der Waals surface area contributed by atoms with E-state index in [0.29, 0.717) is 28.2 Å². The molecule has 3 aromatic rings. The summed E-state index contributed by atoms with van der Waals surface area (Å²) in [5.41, 5.74) is 7.84. The van der Waals surface area contributed by atoms with E-state index in [1.807, 2.05) is 0 Å². The van der Waals surface area contributed by atoms with Crippen molar-refractivity contribution in [1.29, 1.82) is 0 Å². The molecule has 0 unspecified atom stereocenters. The van der Waals surface area contributed by atoms with E-state index in [0.717, 1.165) is 0 Å². The quantitative estimate of drug-likeness (QED) is 0.787. The first-order valence-corrected chi connectivity index (χ1v) is 6.60. The van der Waals surface area contributed by atoms with Crippen LogP contribution in [0.25, 0.3) is 22.5 Å². The Bertz CT molecular complexity index is 887. The van der Waals surface area contributed by atoms with Crippen LogP contribution in [0.15, 0.2) is 53.7 Å².